The third-order valence-corrected chi connectivity index (χ3v) is 8.45. The third-order valence-electron chi connectivity index (χ3n) is 7.97. The fourth-order valence-corrected chi connectivity index (χ4v) is 6.66. The molecule has 1 N–H and O–H groups in total. The fraction of sp³-hybridized carbons (Fsp3) is 0.533. The number of ether oxygens (including phenoxy) is 1. The molecule has 206 valence electrons. The van der Waals surface area contributed by atoms with E-state index in [1.54, 1.807) is 6.92 Å². The van der Waals surface area contributed by atoms with Crippen molar-refractivity contribution in [1.82, 2.24) is 9.80 Å². The third kappa shape index (κ3) is 6.53. The number of hydrogen-bond donors (Lipinski definition) is 1. The first-order valence-corrected chi connectivity index (χ1v) is 14.2. The number of carbonyl (C=O) groups is 2. The van der Waals surface area contributed by atoms with Gasteiger partial charge in [0.2, 0.25) is 5.91 Å². The van der Waals surface area contributed by atoms with Crippen molar-refractivity contribution in [2.75, 3.05) is 19.6 Å². The Morgan fingerprint density at radius 2 is 1.74 bits per heavy atom. The molecule has 0 aromatic heterocycles. The Morgan fingerprint density at radius 3 is 2.34 bits per heavy atom. The molecule has 0 spiro atoms. The molecule has 2 heterocycles. The van der Waals surface area contributed by atoms with Gasteiger partial charge in [-0.15, -0.1) is 0 Å². The first-order chi connectivity index (χ1) is 18.0. The molecule has 6 atom stereocenters. The molecule has 6 nitrogen and oxygen atoms in total. The number of amides is 1. The van der Waals surface area contributed by atoms with Gasteiger partial charge in [-0.25, -0.2) is 0 Å². The molecule has 8 heteroatoms. The number of hydrogen-bond acceptors (Lipinski definition) is 4. The smallest absolute Gasteiger partial charge is 0.304 e. The van der Waals surface area contributed by atoms with Gasteiger partial charge in [0, 0.05) is 41.6 Å². The van der Waals surface area contributed by atoms with Crippen molar-refractivity contribution in [3.05, 3.63) is 69.7 Å². The maximum atomic E-state index is 14.3. The van der Waals surface area contributed by atoms with Crippen LogP contribution in [0.25, 0.3) is 0 Å². The molecule has 6 unspecified atom stereocenters. The van der Waals surface area contributed by atoms with Gasteiger partial charge in [0.25, 0.3) is 0 Å². The summed E-state index contributed by atoms with van der Waals surface area (Å²) in [7, 11) is 0. The Bertz CT molecular complexity index is 1130. The standard InChI is InChI=1S/C30H38Cl2N2O4/c1-19(12-13-33-17-20(2)38-21(3)18-33)34-28(22-8-10-24(31)11-9-22)26(23-6-5-7-25(32)14-23)15-30(4,29(34)37)16-27(35)36/h5-11,14,19-21,26,28H,12-13,15-18H2,1-4H3,(H,35,36). The number of carboxylic acids is 1. The maximum Gasteiger partial charge on any atom is 0.304 e. The predicted octanol–water partition coefficient (Wildman–Crippen LogP) is 6.42. The van der Waals surface area contributed by atoms with Crippen molar-refractivity contribution in [3.63, 3.8) is 0 Å². The van der Waals surface area contributed by atoms with Gasteiger partial charge in [-0.2, -0.15) is 0 Å². The monoisotopic (exact) mass is 560 g/mol. The van der Waals surface area contributed by atoms with Crippen LogP contribution in [-0.2, 0) is 14.3 Å². The molecule has 0 saturated carbocycles. The average Bonchev–Trinajstić information content (AvgIpc) is 2.83. The van der Waals surface area contributed by atoms with Crippen molar-refractivity contribution in [1.29, 1.82) is 0 Å². The number of aliphatic carboxylic acids is 1. The molecule has 38 heavy (non-hydrogen) atoms. The minimum Gasteiger partial charge on any atom is -0.481 e. The van der Waals surface area contributed by atoms with Gasteiger partial charge in [0.15, 0.2) is 0 Å². The van der Waals surface area contributed by atoms with Gasteiger partial charge >= 0.3 is 5.97 Å². The number of carboxylic acid groups (broad SMARTS) is 1. The Balaban J connectivity index is 1.74. The molecule has 2 aromatic rings. The molecule has 2 aromatic carbocycles. The van der Waals surface area contributed by atoms with Gasteiger partial charge in [0.1, 0.15) is 0 Å². The molecule has 4 rings (SSSR count). The van der Waals surface area contributed by atoms with Gasteiger partial charge in [-0.05, 0) is 69.0 Å². The summed E-state index contributed by atoms with van der Waals surface area (Å²) in [6.07, 6.45) is 1.28. The van der Waals surface area contributed by atoms with Crippen LogP contribution in [0.3, 0.4) is 0 Å². The molecule has 0 aliphatic carbocycles. The van der Waals surface area contributed by atoms with E-state index in [2.05, 4.69) is 25.7 Å². The van der Waals surface area contributed by atoms with Crippen LogP contribution in [0.1, 0.15) is 70.0 Å². The number of rotatable bonds is 8. The number of carbonyl (C=O) groups excluding carboxylic acids is 1. The second-order valence-corrected chi connectivity index (χ2v) is 12.2. The summed E-state index contributed by atoms with van der Waals surface area (Å²) in [4.78, 5) is 30.5. The van der Waals surface area contributed by atoms with Crippen LogP contribution in [0.2, 0.25) is 10.0 Å². The summed E-state index contributed by atoms with van der Waals surface area (Å²) in [5, 5.41) is 11.0. The highest BCUT2D eigenvalue weighted by atomic mass is 35.5. The number of halogens is 2. The second kappa shape index (κ2) is 12.0. The van der Waals surface area contributed by atoms with Gasteiger partial charge in [-0.1, -0.05) is 54.4 Å². The minimum absolute atomic E-state index is 0.116. The van der Waals surface area contributed by atoms with E-state index in [1.807, 2.05) is 53.4 Å². The van der Waals surface area contributed by atoms with Crippen LogP contribution in [-0.4, -0.2) is 64.7 Å². The van der Waals surface area contributed by atoms with Crippen LogP contribution in [0, 0.1) is 5.41 Å². The Labute approximate surface area is 235 Å². The summed E-state index contributed by atoms with van der Waals surface area (Å²) in [5.74, 6) is -1.23. The van der Waals surface area contributed by atoms with E-state index in [1.165, 1.54) is 0 Å². The molecule has 2 aliphatic rings. The van der Waals surface area contributed by atoms with Crippen molar-refractivity contribution in [2.45, 2.75) is 77.2 Å². The highest BCUT2D eigenvalue weighted by molar-refractivity contribution is 6.30. The van der Waals surface area contributed by atoms with E-state index >= 15 is 0 Å². The molecular formula is C30H38Cl2N2O4. The lowest BCUT2D eigenvalue weighted by Gasteiger charge is -2.51. The summed E-state index contributed by atoms with van der Waals surface area (Å²) in [6, 6.07) is 15.0. The Kier molecular flexibility index (Phi) is 9.08. The molecule has 0 bridgehead atoms. The summed E-state index contributed by atoms with van der Waals surface area (Å²) in [5.41, 5.74) is 0.929. The van der Waals surface area contributed by atoms with E-state index < -0.39 is 11.4 Å². The first kappa shape index (κ1) is 28.9. The summed E-state index contributed by atoms with van der Waals surface area (Å²) < 4.78 is 5.89. The number of benzene rings is 2. The van der Waals surface area contributed by atoms with Gasteiger partial charge in [-0.3, -0.25) is 14.5 Å². The molecular weight excluding hydrogens is 523 g/mol. The molecule has 0 radical (unpaired) electrons. The zero-order chi connectivity index (χ0) is 27.6. The lowest BCUT2D eigenvalue weighted by molar-refractivity contribution is -0.160. The molecule has 2 saturated heterocycles. The van der Waals surface area contributed by atoms with Crippen LogP contribution in [0.5, 0.6) is 0 Å². The summed E-state index contributed by atoms with van der Waals surface area (Å²) >= 11 is 12.6. The minimum atomic E-state index is -1.04. The lowest BCUT2D eigenvalue weighted by atomic mass is 9.67. The Hall–Kier alpha value is -2.12. The topological polar surface area (TPSA) is 70.1 Å². The van der Waals surface area contributed by atoms with Crippen molar-refractivity contribution >= 4 is 35.1 Å². The predicted molar refractivity (Wildman–Crippen MR) is 151 cm³/mol. The van der Waals surface area contributed by atoms with Crippen molar-refractivity contribution in [2.24, 2.45) is 5.41 Å². The maximum absolute atomic E-state index is 14.3. The fourth-order valence-electron chi connectivity index (χ4n) is 6.34. The summed E-state index contributed by atoms with van der Waals surface area (Å²) in [6.45, 7) is 10.6. The molecule has 2 aliphatic heterocycles. The van der Waals surface area contributed by atoms with Crippen LogP contribution < -0.4 is 0 Å². The highest BCUT2D eigenvalue weighted by Crippen LogP contribution is 2.52. The normalized spacial score (nSPS) is 29.3. The lowest BCUT2D eigenvalue weighted by Crippen LogP contribution is -2.56. The quantitative estimate of drug-likeness (QED) is 0.403. The first-order valence-electron chi connectivity index (χ1n) is 13.4. The van der Waals surface area contributed by atoms with Crippen LogP contribution >= 0.6 is 23.2 Å². The van der Waals surface area contributed by atoms with E-state index in [4.69, 9.17) is 27.9 Å². The van der Waals surface area contributed by atoms with Crippen molar-refractivity contribution in [3.8, 4) is 0 Å². The van der Waals surface area contributed by atoms with Crippen molar-refractivity contribution < 1.29 is 19.4 Å². The highest BCUT2D eigenvalue weighted by Gasteiger charge is 2.51. The van der Waals surface area contributed by atoms with Gasteiger partial charge in [0.05, 0.1) is 30.1 Å². The van der Waals surface area contributed by atoms with Crippen LogP contribution in [0.4, 0.5) is 0 Å². The SMILES string of the molecule is CC1CN(CCC(C)N2C(=O)C(C)(CC(=O)O)CC(c3cccc(Cl)c3)C2c2ccc(Cl)cc2)CC(C)O1. The zero-order valence-corrected chi connectivity index (χ0v) is 24.1. The number of piperidine rings is 1. The van der Waals surface area contributed by atoms with E-state index in [0.717, 1.165) is 37.2 Å². The van der Waals surface area contributed by atoms with Gasteiger partial charge < -0.3 is 14.7 Å². The van der Waals surface area contributed by atoms with E-state index in [0.29, 0.717) is 16.5 Å². The number of morpholine rings is 1. The molecule has 1 amide bonds. The molecule has 2 fully saturated rings. The Morgan fingerprint density at radius 1 is 1.08 bits per heavy atom. The zero-order valence-electron chi connectivity index (χ0n) is 22.6. The van der Waals surface area contributed by atoms with E-state index in [9.17, 15) is 14.7 Å². The van der Waals surface area contributed by atoms with Crippen LogP contribution in [0.15, 0.2) is 48.5 Å². The van der Waals surface area contributed by atoms with E-state index in [-0.39, 0.29) is 42.5 Å². The number of nitrogens with zero attached hydrogens (tertiary/aromatic N) is 2. The second-order valence-electron chi connectivity index (χ2n) is 11.4. The largest absolute Gasteiger partial charge is 0.481 e. The number of likely N-dealkylation sites (tertiary alicyclic amines) is 1. The average molecular weight is 562 g/mol.